The summed E-state index contributed by atoms with van der Waals surface area (Å²) in [6.45, 7) is 2.17. The van der Waals surface area contributed by atoms with E-state index in [4.69, 9.17) is 4.74 Å². The summed E-state index contributed by atoms with van der Waals surface area (Å²) in [7, 11) is 0. The molecule has 0 saturated heterocycles. The van der Waals surface area contributed by atoms with Crippen molar-refractivity contribution in [3.8, 4) is 5.75 Å². The topological polar surface area (TPSA) is 63.6 Å². The highest BCUT2D eigenvalue weighted by molar-refractivity contribution is 5.80. The molecule has 0 aliphatic carbocycles. The summed E-state index contributed by atoms with van der Waals surface area (Å²) in [6.07, 6.45) is 9.82. The van der Waals surface area contributed by atoms with Gasteiger partial charge in [-0.3, -0.25) is 9.59 Å². The molecular weight excluding hydrogens is 292 g/mol. The van der Waals surface area contributed by atoms with E-state index in [1.54, 1.807) is 24.3 Å². The number of allylic oxidation sites excluding steroid dienone is 2. The molecule has 0 spiro atoms. The molecule has 0 amide bonds. The normalized spacial score (nSPS) is 12.2. The maximum absolute atomic E-state index is 11.8. The number of aliphatic carboxylic acids is 1. The molecule has 126 valence electrons. The van der Waals surface area contributed by atoms with Crippen LogP contribution < -0.4 is 4.74 Å². The predicted octanol–water partition coefficient (Wildman–Crippen LogP) is 4.60. The largest absolute Gasteiger partial charge is 0.481 e. The van der Waals surface area contributed by atoms with Crippen molar-refractivity contribution in [1.29, 1.82) is 0 Å². The number of esters is 1. The minimum absolute atomic E-state index is 0.121. The van der Waals surface area contributed by atoms with E-state index in [1.165, 1.54) is 19.3 Å². The second-order valence-electron chi connectivity index (χ2n) is 5.58. The molecular formula is C19H26O4. The zero-order valence-electron chi connectivity index (χ0n) is 13.7. The summed E-state index contributed by atoms with van der Waals surface area (Å²) in [5.41, 5.74) is 0. The van der Waals surface area contributed by atoms with Crippen molar-refractivity contribution in [3.63, 3.8) is 0 Å². The van der Waals surface area contributed by atoms with Gasteiger partial charge in [0.25, 0.3) is 0 Å². The van der Waals surface area contributed by atoms with E-state index < -0.39 is 17.9 Å². The SMILES string of the molecule is CCCCCCC=CCC(CC(=O)Oc1ccccc1)C(=O)O. The number of carboxylic acids is 1. The van der Waals surface area contributed by atoms with Gasteiger partial charge < -0.3 is 9.84 Å². The van der Waals surface area contributed by atoms with Gasteiger partial charge >= 0.3 is 11.9 Å². The molecule has 23 heavy (non-hydrogen) atoms. The Kier molecular flexibility index (Phi) is 9.45. The van der Waals surface area contributed by atoms with Gasteiger partial charge in [0.2, 0.25) is 0 Å². The predicted molar refractivity (Wildman–Crippen MR) is 90.3 cm³/mol. The fourth-order valence-electron chi connectivity index (χ4n) is 2.20. The number of hydrogen-bond donors (Lipinski definition) is 1. The second kappa shape index (κ2) is 11.5. The van der Waals surface area contributed by atoms with Crippen LogP contribution >= 0.6 is 0 Å². The summed E-state index contributed by atoms with van der Waals surface area (Å²) in [4.78, 5) is 23.1. The molecule has 1 rings (SSSR count). The smallest absolute Gasteiger partial charge is 0.312 e. The zero-order chi connectivity index (χ0) is 16.9. The van der Waals surface area contributed by atoms with Gasteiger partial charge in [0.15, 0.2) is 0 Å². The molecule has 0 aliphatic rings. The fourth-order valence-corrected chi connectivity index (χ4v) is 2.20. The van der Waals surface area contributed by atoms with Crippen LogP contribution in [0.4, 0.5) is 0 Å². The van der Waals surface area contributed by atoms with Gasteiger partial charge in [0, 0.05) is 0 Å². The lowest BCUT2D eigenvalue weighted by Crippen LogP contribution is -2.20. The number of para-hydroxylation sites is 1. The Hall–Kier alpha value is -2.10. The lowest BCUT2D eigenvalue weighted by Gasteiger charge is -2.09. The molecule has 1 N–H and O–H groups in total. The average Bonchev–Trinajstić information content (AvgIpc) is 2.53. The van der Waals surface area contributed by atoms with Crippen molar-refractivity contribution >= 4 is 11.9 Å². The number of carbonyl (C=O) groups is 2. The fraction of sp³-hybridized carbons (Fsp3) is 0.474. The summed E-state index contributed by atoms with van der Waals surface area (Å²) in [6, 6.07) is 8.69. The van der Waals surface area contributed by atoms with Gasteiger partial charge in [0.05, 0.1) is 12.3 Å². The van der Waals surface area contributed by atoms with E-state index in [0.29, 0.717) is 12.2 Å². The first kappa shape index (κ1) is 18.9. The quantitative estimate of drug-likeness (QED) is 0.280. The van der Waals surface area contributed by atoms with Gasteiger partial charge in [0.1, 0.15) is 5.75 Å². The third-order valence-corrected chi connectivity index (χ3v) is 3.55. The monoisotopic (exact) mass is 318 g/mol. The summed E-state index contributed by atoms with van der Waals surface area (Å²) < 4.78 is 5.14. The van der Waals surface area contributed by atoms with Gasteiger partial charge in [-0.25, -0.2) is 0 Å². The Balaban J connectivity index is 2.35. The highest BCUT2D eigenvalue weighted by atomic mass is 16.5. The number of unbranched alkanes of at least 4 members (excludes halogenated alkanes) is 4. The Morgan fingerprint density at radius 3 is 2.52 bits per heavy atom. The van der Waals surface area contributed by atoms with Crippen LogP contribution in [0.15, 0.2) is 42.5 Å². The highest BCUT2D eigenvalue weighted by Crippen LogP contribution is 2.15. The maximum atomic E-state index is 11.8. The van der Waals surface area contributed by atoms with Crippen LogP contribution in [0.25, 0.3) is 0 Å². The van der Waals surface area contributed by atoms with Crippen LogP contribution in [-0.2, 0) is 9.59 Å². The van der Waals surface area contributed by atoms with Crippen molar-refractivity contribution in [2.75, 3.05) is 0 Å². The van der Waals surface area contributed by atoms with Crippen LogP contribution in [0.1, 0.15) is 51.9 Å². The molecule has 1 aromatic carbocycles. The molecule has 1 aromatic rings. The lowest BCUT2D eigenvalue weighted by molar-refractivity contribution is -0.147. The number of benzene rings is 1. The van der Waals surface area contributed by atoms with Crippen molar-refractivity contribution < 1.29 is 19.4 Å². The third-order valence-electron chi connectivity index (χ3n) is 3.55. The van der Waals surface area contributed by atoms with E-state index in [9.17, 15) is 14.7 Å². The standard InChI is InChI=1S/C19H26O4/c1-2-3-4-5-6-7-9-12-16(19(21)22)15-18(20)23-17-13-10-8-11-14-17/h7-11,13-14,16H,2-6,12,15H2,1H3,(H,21,22). The van der Waals surface area contributed by atoms with Gasteiger partial charge in [-0.05, 0) is 31.4 Å². The Bertz CT molecular complexity index is 493. The van der Waals surface area contributed by atoms with E-state index in [1.807, 2.05) is 18.2 Å². The Morgan fingerprint density at radius 2 is 1.87 bits per heavy atom. The maximum Gasteiger partial charge on any atom is 0.312 e. The lowest BCUT2D eigenvalue weighted by atomic mass is 10.0. The minimum atomic E-state index is -0.967. The van der Waals surface area contributed by atoms with Crippen LogP contribution in [0, 0.1) is 5.92 Å². The number of rotatable bonds is 11. The number of carbonyl (C=O) groups excluding carboxylic acids is 1. The van der Waals surface area contributed by atoms with Gasteiger partial charge in [-0.2, -0.15) is 0 Å². The van der Waals surface area contributed by atoms with E-state index in [0.717, 1.165) is 12.8 Å². The summed E-state index contributed by atoms with van der Waals surface area (Å²) in [5.74, 6) is -1.78. The van der Waals surface area contributed by atoms with Gasteiger partial charge in [-0.1, -0.05) is 56.5 Å². The van der Waals surface area contributed by atoms with Gasteiger partial charge in [-0.15, -0.1) is 0 Å². The van der Waals surface area contributed by atoms with Crippen molar-refractivity contribution in [2.24, 2.45) is 5.92 Å². The molecule has 0 aliphatic heterocycles. The number of ether oxygens (including phenoxy) is 1. The molecule has 0 aromatic heterocycles. The average molecular weight is 318 g/mol. The molecule has 0 heterocycles. The first-order valence-electron chi connectivity index (χ1n) is 8.27. The molecule has 1 unspecified atom stereocenters. The van der Waals surface area contributed by atoms with E-state index in [-0.39, 0.29) is 6.42 Å². The molecule has 1 atom stereocenters. The zero-order valence-corrected chi connectivity index (χ0v) is 13.7. The van der Waals surface area contributed by atoms with Crippen LogP contribution in [0.2, 0.25) is 0 Å². The first-order chi connectivity index (χ1) is 11.1. The number of hydrogen-bond acceptors (Lipinski definition) is 3. The minimum Gasteiger partial charge on any atom is -0.481 e. The molecule has 4 heteroatoms. The van der Waals surface area contributed by atoms with Crippen molar-refractivity contribution in [2.45, 2.75) is 51.9 Å². The molecule has 0 fully saturated rings. The van der Waals surface area contributed by atoms with E-state index >= 15 is 0 Å². The van der Waals surface area contributed by atoms with Crippen LogP contribution in [-0.4, -0.2) is 17.0 Å². The van der Waals surface area contributed by atoms with Crippen LogP contribution in [0.5, 0.6) is 5.75 Å². The van der Waals surface area contributed by atoms with E-state index in [2.05, 4.69) is 6.92 Å². The molecule has 4 nitrogen and oxygen atoms in total. The van der Waals surface area contributed by atoms with Crippen molar-refractivity contribution in [3.05, 3.63) is 42.5 Å². The number of carboxylic acid groups (broad SMARTS) is 1. The van der Waals surface area contributed by atoms with Crippen LogP contribution in [0.3, 0.4) is 0 Å². The van der Waals surface area contributed by atoms with Crippen molar-refractivity contribution in [1.82, 2.24) is 0 Å². The highest BCUT2D eigenvalue weighted by Gasteiger charge is 2.21. The molecule has 0 saturated carbocycles. The third kappa shape index (κ3) is 8.81. The summed E-state index contributed by atoms with van der Waals surface area (Å²) >= 11 is 0. The summed E-state index contributed by atoms with van der Waals surface area (Å²) in [5, 5.41) is 9.22. The molecule has 0 bridgehead atoms. The second-order valence-corrected chi connectivity index (χ2v) is 5.58. The Labute approximate surface area is 138 Å². The first-order valence-corrected chi connectivity index (χ1v) is 8.27. The Morgan fingerprint density at radius 1 is 1.13 bits per heavy atom. The molecule has 0 radical (unpaired) electrons.